The van der Waals surface area contributed by atoms with Crippen molar-refractivity contribution in [2.75, 3.05) is 0 Å². The molecule has 0 radical (unpaired) electrons. The molecule has 2 aromatic rings. The Morgan fingerprint density at radius 2 is 1.52 bits per heavy atom. The first-order valence-electron chi connectivity index (χ1n) is 9.95. The SMILES string of the molecule is CC1(C)CCC(C)(C)c2c1ccc(CNC(=O)c1ccc(C(=O)O)cc1)c2CO. The lowest BCUT2D eigenvalue weighted by Crippen LogP contribution is -2.36. The summed E-state index contributed by atoms with van der Waals surface area (Å²) in [7, 11) is 0. The van der Waals surface area contributed by atoms with Gasteiger partial charge in [-0.25, -0.2) is 4.79 Å². The molecule has 0 saturated heterocycles. The number of fused-ring (bicyclic) bond motifs is 1. The van der Waals surface area contributed by atoms with E-state index in [2.05, 4.69) is 39.1 Å². The van der Waals surface area contributed by atoms with Gasteiger partial charge in [0, 0.05) is 12.1 Å². The zero-order chi connectivity index (χ0) is 21.4. The molecule has 0 aromatic heterocycles. The third-order valence-corrected chi connectivity index (χ3v) is 6.18. The van der Waals surface area contributed by atoms with Gasteiger partial charge < -0.3 is 15.5 Å². The van der Waals surface area contributed by atoms with Gasteiger partial charge in [0.25, 0.3) is 5.91 Å². The maximum Gasteiger partial charge on any atom is 0.335 e. The van der Waals surface area contributed by atoms with Crippen LogP contribution in [0.5, 0.6) is 0 Å². The molecule has 0 aliphatic heterocycles. The smallest absolute Gasteiger partial charge is 0.335 e. The zero-order valence-electron chi connectivity index (χ0n) is 17.5. The molecule has 0 saturated carbocycles. The summed E-state index contributed by atoms with van der Waals surface area (Å²) in [6, 6.07) is 9.98. The second-order valence-electron chi connectivity index (χ2n) is 9.12. The summed E-state index contributed by atoms with van der Waals surface area (Å²) in [6.45, 7) is 9.15. The Labute approximate surface area is 171 Å². The van der Waals surface area contributed by atoms with Crippen molar-refractivity contribution in [2.45, 2.75) is 64.5 Å². The van der Waals surface area contributed by atoms with Crippen molar-refractivity contribution >= 4 is 11.9 Å². The number of hydrogen-bond donors (Lipinski definition) is 3. The fourth-order valence-electron chi connectivity index (χ4n) is 4.30. The maximum atomic E-state index is 12.5. The Morgan fingerprint density at radius 3 is 2.10 bits per heavy atom. The first-order chi connectivity index (χ1) is 13.6. The summed E-state index contributed by atoms with van der Waals surface area (Å²) in [5.41, 5.74) is 4.86. The van der Waals surface area contributed by atoms with Crippen LogP contribution >= 0.6 is 0 Å². The van der Waals surface area contributed by atoms with Crippen LogP contribution in [0.1, 0.15) is 83.5 Å². The monoisotopic (exact) mass is 395 g/mol. The number of carboxylic acids is 1. The van der Waals surface area contributed by atoms with Gasteiger partial charge in [0.2, 0.25) is 0 Å². The maximum absolute atomic E-state index is 12.5. The molecular weight excluding hydrogens is 366 g/mol. The van der Waals surface area contributed by atoms with Gasteiger partial charge in [-0.15, -0.1) is 0 Å². The van der Waals surface area contributed by atoms with E-state index in [1.165, 1.54) is 35.4 Å². The largest absolute Gasteiger partial charge is 0.478 e. The van der Waals surface area contributed by atoms with Gasteiger partial charge in [-0.3, -0.25) is 4.79 Å². The highest BCUT2D eigenvalue weighted by Crippen LogP contribution is 2.47. The molecule has 1 amide bonds. The first kappa shape index (κ1) is 21.1. The van der Waals surface area contributed by atoms with Gasteiger partial charge in [-0.1, -0.05) is 39.8 Å². The van der Waals surface area contributed by atoms with Gasteiger partial charge in [0.05, 0.1) is 12.2 Å². The standard InChI is InChI=1S/C24H29NO4/c1-23(2)11-12-24(3,4)20-18(14-26)17(9-10-19(20)23)13-25-21(27)15-5-7-16(8-6-15)22(28)29/h5-10,26H,11-14H2,1-4H3,(H,25,27)(H,28,29). The number of benzene rings is 2. The summed E-state index contributed by atoms with van der Waals surface area (Å²) in [4.78, 5) is 23.5. The predicted octanol–water partition coefficient (Wildman–Crippen LogP) is 4.16. The fourth-order valence-corrected chi connectivity index (χ4v) is 4.30. The van der Waals surface area contributed by atoms with E-state index in [4.69, 9.17) is 5.11 Å². The summed E-state index contributed by atoms with van der Waals surface area (Å²) < 4.78 is 0. The Balaban J connectivity index is 1.86. The highest BCUT2D eigenvalue weighted by atomic mass is 16.4. The highest BCUT2D eigenvalue weighted by Gasteiger charge is 2.39. The van der Waals surface area contributed by atoms with Crippen molar-refractivity contribution in [3.05, 3.63) is 69.8 Å². The normalized spacial score (nSPS) is 16.7. The van der Waals surface area contributed by atoms with Crippen LogP contribution < -0.4 is 5.32 Å². The number of carboxylic acid groups (broad SMARTS) is 1. The van der Waals surface area contributed by atoms with E-state index in [-0.39, 0.29) is 28.9 Å². The Hall–Kier alpha value is -2.66. The van der Waals surface area contributed by atoms with Crippen LogP contribution in [-0.2, 0) is 24.0 Å². The second kappa shape index (κ2) is 7.64. The van der Waals surface area contributed by atoms with Crippen molar-refractivity contribution in [3.8, 4) is 0 Å². The number of amides is 1. The summed E-state index contributed by atoms with van der Waals surface area (Å²) in [5.74, 6) is -1.30. The number of carbonyl (C=O) groups excluding carboxylic acids is 1. The molecule has 2 aromatic carbocycles. The van der Waals surface area contributed by atoms with Gasteiger partial charge in [0.1, 0.15) is 0 Å². The van der Waals surface area contributed by atoms with Gasteiger partial charge in [0.15, 0.2) is 0 Å². The number of aliphatic hydroxyl groups excluding tert-OH is 1. The van der Waals surface area contributed by atoms with E-state index >= 15 is 0 Å². The predicted molar refractivity (Wildman–Crippen MR) is 112 cm³/mol. The molecule has 3 rings (SSSR count). The average molecular weight is 395 g/mol. The molecule has 3 N–H and O–H groups in total. The van der Waals surface area contributed by atoms with Crippen LogP contribution in [0.15, 0.2) is 36.4 Å². The van der Waals surface area contributed by atoms with Crippen molar-refractivity contribution in [3.63, 3.8) is 0 Å². The van der Waals surface area contributed by atoms with E-state index < -0.39 is 5.97 Å². The molecule has 1 aliphatic carbocycles. The Bertz CT molecular complexity index is 942. The molecule has 29 heavy (non-hydrogen) atoms. The van der Waals surface area contributed by atoms with Crippen LogP contribution in [0, 0.1) is 0 Å². The number of aliphatic hydroxyl groups is 1. The lowest BCUT2D eigenvalue weighted by Gasteiger charge is -2.43. The minimum atomic E-state index is -1.02. The van der Waals surface area contributed by atoms with E-state index in [1.54, 1.807) is 0 Å². The number of rotatable bonds is 5. The molecule has 0 heterocycles. The fraction of sp³-hybridized carbons (Fsp3) is 0.417. The summed E-state index contributed by atoms with van der Waals surface area (Å²) in [5, 5.41) is 22.0. The molecule has 1 aliphatic rings. The topological polar surface area (TPSA) is 86.6 Å². The van der Waals surface area contributed by atoms with Crippen LogP contribution in [0.25, 0.3) is 0 Å². The molecule has 5 heteroatoms. The van der Waals surface area contributed by atoms with Crippen molar-refractivity contribution < 1.29 is 19.8 Å². The van der Waals surface area contributed by atoms with E-state index in [1.807, 2.05) is 6.07 Å². The Kier molecular flexibility index (Phi) is 5.54. The summed E-state index contributed by atoms with van der Waals surface area (Å²) in [6.07, 6.45) is 2.14. The van der Waals surface area contributed by atoms with Crippen molar-refractivity contribution in [2.24, 2.45) is 0 Å². The third-order valence-electron chi connectivity index (χ3n) is 6.18. The molecule has 0 fully saturated rings. The van der Waals surface area contributed by atoms with Crippen molar-refractivity contribution in [1.29, 1.82) is 0 Å². The quantitative estimate of drug-likeness (QED) is 0.710. The zero-order valence-corrected chi connectivity index (χ0v) is 17.5. The van der Waals surface area contributed by atoms with Crippen molar-refractivity contribution in [1.82, 2.24) is 5.32 Å². The average Bonchev–Trinajstić information content (AvgIpc) is 2.69. The molecule has 0 spiro atoms. The van der Waals surface area contributed by atoms with Gasteiger partial charge >= 0.3 is 5.97 Å². The summed E-state index contributed by atoms with van der Waals surface area (Å²) >= 11 is 0. The third kappa shape index (κ3) is 4.06. The molecular formula is C24H29NO4. The van der Waals surface area contributed by atoms with Crippen LogP contribution in [0.3, 0.4) is 0 Å². The Morgan fingerprint density at radius 1 is 0.931 bits per heavy atom. The number of carbonyl (C=O) groups is 2. The van der Waals surface area contributed by atoms with Crippen LogP contribution in [0.4, 0.5) is 0 Å². The molecule has 154 valence electrons. The lowest BCUT2D eigenvalue weighted by atomic mass is 9.61. The molecule has 0 unspecified atom stereocenters. The second-order valence-corrected chi connectivity index (χ2v) is 9.12. The van der Waals surface area contributed by atoms with E-state index in [0.717, 1.165) is 24.0 Å². The highest BCUT2D eigenvalue weighted by molar-refractivity contribution is 5.95. The van der Waals surface area contributed by atoms with Gasteiger partial charge in [-0.2, -0.15) is 0 Å². The number of nitrogens with one attached hydrogen (secondary N) is 1. The number of aromatic carboxylic acids is 1. The molecule has 0 bridgehead atoms. The molecule has 0 atom stereocenters. The van der Waals surface area contributed by atoms with E-state index in [0.29, 0.717) is 12.1 Å². The number of hydrogen-bond acceptors (Lipinski definition) is 3. The van der Waals surface area contributed by atoms with Crippen LogP contribution in [-0.4, -0.2) is 22.1 Å². The lowest BCUT2D eigenvalue weighted by molar-refractivity contribution is 0.0696. The van der Waals surface area contributed by atoms with E-state index in [9.17, 15) is 14.7 Å². The van der Waals surface area contributed by atoms with Gasteiger partial charge in [-0.05, 0) is 70.2 Å². The first-order valence-corrected chi connectivity index (χ1v) is 9.95. The molecule has 5 nitrogen and oxygen atoms in total. The van der Waals surface area contributed by atoms with Crippen LogP contribution in [0.2, 0.25) is 0 Å². The minimum absolute atomic E-state index is 0.0321. The minimum Gasteiger partial charge on any atom is -0.478 e.